The molecule has 2 nitrogen and oxygen atoms in total. The number of rotatable bonds is 5. The Morgan fingerprint density at radius 3 is 2.88 bits per heavy atom. The monoisotopic (exact) mass is 307 g/mol. The van der Waals surface area contributed by atoms with E-state index in [4.69, 9.17) is 11.6 Å². The van der Waals surface area contributed by atoms with Gasteiger partial charge in [0.2, 0.25) is 5.91 Å². The van der Waals surface area contributed by atoms with Crippen molar-refractivity contribution >= 4 is 39.1 Å². The average molecular weight is 309 g/mol. The van der Waals surface area contributed by atoms with Crippen molar-refractivity contribution in [3.8, 4) is 0 Å². The Hall–Kier alpha value is -0.610. The number of carbonyl (C=O) groups is 1. The molecule has 1 aromatic rings. The van der Waals surface area contributed by atoms with Crippen LogP contribution < -0.4 is 5.32 Å². The molecule has 0 atom stereocenters. The minimum Gasteiger partial charge on any atom is -0.324 e. The number of amides is 1. The molecule has 16 heavy (non-hydrogen) atoms. The summed E-state index contributed by atoms with van der Waals surface area (Å²) in [6.07, 6.45) is 2.09. The zero-order valence-electron chi connectivity index (χ0n) is 8.60. The number of hydrogen-bond donors (Lipinski definition) is 1. The fraction of sp³-hybridized carbons (Fsp3) is 0.364. The zero-order valence-corrected chi connectivity index (χ0v) is 10.9. The fourth-order valence-electron chi connectivity index (χ4n) is 1.19. The van der Waals surface area contributed by atoms with Gasteiger partial charge in [-0.15, -0.1) is 0 Å². The molecular weight excluding hydrogens is 296 g/mol. The van der Waals surface area contributed by atoms with Crippen molar-refractivity contribution < 1.29 is 9.18 Å². The van der Waals surface area contributed by atoms with Gasteiger partial charge in [0.05, 0.1) is 5.69 Å². The van der Waals surface area contributed by atoms with Gasteiger partial charge in [-0.3, -0.25) is 4.79 Å². The summed E-state index contributed by atoms with van der Waals surface area (Å²) in [6.45, 7) is 0. The topological polar surface area (TPSA) is 29.1 Å². The van der Waals surface area contributed by atoms with Gasteiger partial charge in [-0.05, 0) is 31.0 Å². The number of carbonyl (C=O) groups excluding carboxylic acids is 1. The maximum Gasteiger partial charge on any atom is 0.224 e. The van der Waals surface area contributed by atoms with E-state index >= 15 is 0 Å². The SMILES string of the molecule is O=C(CCCCBr)Nc1cc(Cl)ccc1F. The minimum atomic E-state index is -0.474. The van der Waals surface area contributed by atoms with Crippen molar-refractivity contribution in [3.63, 3.8) is 0 Å². The molecule has 5 heteroatoms. The lowest BCUT2D eigenvalue weighted by atomic mass is 10.2. The predicted molar refractivity (Wildman–Crippen MR) is 67.7 cm³/mol. The van der Waals surface area contributed by atoms with Crippen LogP contribution in [0.4, 0.5) is 10.1 Å². The van der Waals surface area contributed by atoms with E-state index in [1.165, 1.54) is 18.2 Å². The largest absolute Gasteiger partial charge is 0.324 e. The molecule has 1 aromatic carbocycles. The highest BCUT2D eigenvalue weighted by atomic mass is 79.9. The molecule has 0 bridgehead atoms. The molecule has 1 amide bonds. The van der Waals surface area contributed by atoms with E-state index in [1.807, 2.05) is 0 Å². The smallest absolute Gasteiger partial charge is 0.224 e. The number of hydrogen-bond acceptors (Lipinski definition) is 1. The summed E-state index contributed by atoms with van der Waals surface area (Å²) in [4.78, 5) is 11.4. The summed E-state index contributed by atoms with van der Waals surface area (Å²) in [5.74, 6) is -0.666. The van der Waals surface area contributed by atoms with Gasteiger partial charge < -0.3 is 5.32 Å². The molecule has 0 aliphatic heterocycles. The van der Waals surface area contributed by atoms with Crippen LogP contribution in [0.1, 0.15) is 19.3 Å². The van der Waals surface area contributed by atoms with Gasteiger partial charge in [-0.25, -0.2) is 4.39 Å². The molecule has 0 aliphatic rings. The first kappa shape index (κ1) is 13.5. The van der Waals surface area contributed by atoms with E-state index in [0.717, 1.165) is 18.2 Å². The van der Waals surface area contributed by atoms with Crippen molar-refractivity contribution in [2.24, 2.45) is 0 Å². The van der Waals surface area contributed by atoms with Crippen molar-refractivity contribution in [2.45, 2.75) is 19.3 Å². The maximum absolute atomic E-state index is 13.2. The van der Waals surface area contributed by atoms with Gasteiger partial charge in [0.15, 0.2) is 0 Å². The van der Waals surface area contributed by atoms with Crippen LogP contribution in [0.3, 0.4) is 0 Å². The highest BCUT2D eigenvalue weighted by Crippen LogP contribution is 2.19. The zero-order chi connectivity index (χ0) is 12.0. The third-order valence-corrected chi connectivity index (χ3v) is 2.79. The predicted octanol–water partition coefficient (Wildman–Crippen LogP) is 3.98. The number of unbranched alkanes of at least 4 members (excludes halogenated alkanes) is 1. The van der Waals surface area contributed by atoms with Crippen molar-refractivity contribution in [1.29, 1.82) is 0 Å². The van der Waals surface area contributed by atoms with Gasteiger partial charge in [0.1, 0.15) is 5.82 Å². The van der Waals surface area contributed by atoms with Gasteiger partial charge in [0.25, 0.3) is 0 Å². The van der Waals surface area contributed by atoms with Crippen molar-refractivity contribution in [2.75, 3.05) is 10.6 Å². The standard InChI is InChI=1S/C11H12BrClFNO/c12-6-2-1-3-11(16)15-10-7-8(13)4-5-9(10)14/h4-5,7H,1-3,6H2,(H,15,16). The Balaban J connectivity index is 2.52. The van der Waals surface area contributed by atoms with Crippen molar-refractivity contribution in [3.05, 3.63) is 29.0 Å². The molecular formula is C11H12BrClFNO. The third kappa shape index (κ3) is 4.49. The van der Waals surface area contributed by atoms with E-state index in [-0.39, 0.29) is 11.6 Å². The summed E-state index contributed by atoms with van der Waals surface area (Å²) >= 11 is 8.98. The Morgan fingerprint density at radius 2 is 2.19 bits per heavy atom. The van der Waals surface area contributed by atoms with E-state index in [1.54, 1.807) is 0 Å². The molecule has 88 valence electrons. The quantitative estimate of drug-likeness (QED) is 0.647. The first-order valence-electron chi connectivity index (χ1n) is 4.94. The lowest BCUT2D eigenvalue weighted by Crippen LogP contribution is -2.12. The molecule has 0 spiro atoms. The Labute approximate surface area is 107 Å². The lowest BCUT2D eigenvalue weighted by molar-refractivity contribution is -0.116. The number of benzene rings is 1. The van der Waals surface area contributed by atoms with Gasteiger partial charge in [0, 0.05) is 16.8 Å². The summed E-state index contributed by atoms with van der Waals surface area (Å²) in [5, 5.41) is 3.76. The first-order valence-corrected chi connectivity index (χ1v) is 6.44. The molecule has 1 N–H and O–H groups in total. The number of halogens is 3. The maximum atomic E-state index is 13.2. The van der Waals surface area contributed by atoms with Crippen LogP contribution in [0, 0.1) is 5.82 Å². The summed E-state index contributed by atoms with van der Waals surface area (Å²) in [6, 6.07) is 4.08. The molecule has 0 fully saturated rings. The number of alkyl halides is 1. The van der Waals surface area contributed by atoms with E-state index < -0.39 is 5.82 Å². The minimum absolute atomic E-state index is 0.136. The second kappa shape index (κ2) is 6.86. The molecule has 0 aliphatic carbocycles. The molecule has 0 heterocycles. The number of nitrogens with one attached hydrogen (secondary N) is 1. The van der Waals surface area contributed by atoms with Gasteiger partial charge >= 0.3 is 0 Å². The van der Waals surface area contributed by atoms with Gasteiger partial charge in [-0.2, -0.15) is 0 Å². The fourth-order valence-corrected chi connectivity index (χ4v) is 1.75. The first-order chi connectivity index (χ1) is 7.63. The molecule has 0 aromatic heterocycles. The second-order valence-electron chi connectivity index (χ2n) is 3.32. The van der Waals surface area contributed by atoms with Crippen LogP contribution in [0.25, 0.3) is 0 Å². The normalized spacial score (nSPS) is 10.2. The Bertz CT molecular complexity index is 373. The molecule has 0 saturated heterocycles. The van der Waals surface area contributed by atoms with E-state index in [0.29, 0.717) is 11.4 Å². The van der Waals surface area contributed by atoms with Crippen LogP contribution >= 0.6 is 27.5 Å². The summed E-state index contributed by atoms with van der Waals surface area (Å²) in [5.41, 5.74) is 0.136. The highest BCUT2D eigenvalue weighted by molar-refractivity contribution is 9.09. The molecule has 0 unspecified atom stereocenters. The summed E-state index contributed by atoms with van der Waals surface area (Å²) < 4.78 is 13.2. The van der Waals surface area contributed by atoms with Crippen molar-refractivity contribution in [1.82, 2.24) is 0 Å². The third-order valence-electron chi connectivity index (χ3n) is 1.99. The van der Waals surface area contributed by atoms with Crippen LogP contribution in [0.2, 0.25) is 5.02 Å². The van der Waals surface area contributed by atoms with Crippen LogP contribution in [-0.4, -0.2) is 11.2 Å². The summed E-state index contributed by atoms with van der Waals surface area (Å²) in [7, 11) is 0. The van der Waals surface area contributed by atoms with Crippen LogP contribution in [0.5, 0.6) is 0 Å². The average Bonchev–Trinajstić information content (AvgIpc) is 2.24. The highest BCUT2D eigenvalue weighted by Gasteiger charge is 2.07. The van der Waals surface area contributed by atoms with Crippen LogP contribution in [-0.2, 0) is 4.79 Å². The van der Waals surface area contributed by atoms with E-state index in [9.17, 15) is 9.18 Å². The molecule has 0 saturated carbocycles. The lowest BCUT2D eigenvalue weighted by Gasteiger charge is -2.06. The Morgan fingerprint density at radius 1 is 1.44 bits per heavy atom. The van der Waals surface area contributed by atoms with E-state index in [2.05, 4.69) is 21.2 Å². The van der Waals surface area contributed by atoms with Crippen LogP contribution in [0.15, 0.2) is 18.2 Å². The number of anilines is 1. The molecule has 0 radical (unpaired) electrons. The van der Waals surface area contributed by atoms with Gasteiger partial charge in [-0.1, -0.05) is 27.5 Å². The Kier molecular flexibility index (Phi) is 5.77. The second-order valence-corrected chi connectivity index (χ2v) is 4.55. The molecule has 1 rings (SSSR count).